The Morgan fingerprint density at radius 3 is 1.97 bits per heavy atom. The number of carbonyl (C=O) groups excluding carboxylic acids is 2. The minimum absolute atomic E-state index is 0. The maximum Gasteiger partial charge on any atom is 0.341 e. The molecule has 9 heteroatoms. The molecule has 2 aromatic carbocycles. The molecule has 0 aliphatic heterocycles. The minimum atomic E-state index is -1.09. The van der Waals surface area contributed by atoms with Crippen LogP contribution in [0.4, 0.5) is 0 Å². The first-order valence-electron chi connectivity index (χ1n) is 8.93. The van der Waals surface area contributed by atoms with Crippen molar-refractivity contribution in [3.05, 3.63) is 65.2 Å². The molecule has 30 heavy (non-hydrogen) atoms. The summed E-state index contributed by atoms with van der Waals surface area (Å²) in [6.07, 6.45) is 0. The lowest BCUT2D eigenvalue weighted by Crippen LogP contribution is -2.44. The maximum absolute atomic E-state index is 12.9. The van der Waals surface area contributed by atoms with Crippen molar-refractivity contribution in [2.24, 2.45) is 11.7 Å². The summed E-state index contributed by atoms with van der Waals surface area (Å²) in [4.78, 5) is 36.0. The molecule has 0 fully saturated rings. The largest absolute Gasteiger partial charge is 0.482 e. The number of Topliss-reactive ketones (excluding diaryl/α,β-unsaturated/α-hetero) is 1. The summed E-state index contributed by atoms with van der Waals surface area (Å²) in [7, 11) is 0. The van der Waals surface area contributed by atoms with Gasteiger partial charge in [-0.1, -0.05) is 26.0 Å². The van der Waals surface area contributed by atoms with Gasteiger partial charge in [0.1, 0.15) is 11.6 Å². The molecule has 0 spiro atoms. The van der Waals surface area contributed by atoms with Crippen LogP contribution in [-0.2, 0) is 4.79 Å². The Morgan fingerprint density at radius 2 is 1.50 bits per heavy atom. The highest BCUT2D eigenvalue weighted by Gasteiger charge is 2.25. The first kappa shape index (κ1) is 24.6. The lowest BCUT2D eigenvalue weighted by atomic mass is 9.94. The molecule has 8 nitrogen and oxygen atoms in total. The first-order chi connectivity index (χ1) is 13.7. The predicted octanol–water partition coefficient (Wildman–Crippen LogP) is 2.49. The van der Waals surface area contributed by atoms with Crippen LogP contribution in [-0.4, -0.2) is 41.3 Å². The van der Waals surface area contributed by atoms with Gasteiger partial charge in [0.05, 0.1) is 6.04 Å². The average molecular weight is 434 g/mol. The third-order valence-corrected chi connectivity index (χ3v) is 4.19. The van der Waals surface area contributed by atoms with Crippen LogP contribution in [0.25, 0.3) is 0 Å². The Balaban J connectivity index is 0.00000450. The maximum atomic E-state index is 12.9. The Kier molecular flexibility index (Phi) is 9.01. The monoisotopic (exact) mass is 433 g/mol. The highest BCUT2D eigenvalue weighted by molar-refractivity contribution is 6.05. The van der Waals surface area contributed by atoms with Crippen molar-refractivity contribution < 1.29 is 24.2 Å². The number of hydrogen-bond acceptors (Lipinski definition) is 5. The van der Waals surface area contributed by atoms with E-state index >= 15 is 0 Å². The summed E-state index contributed by atoms with van der Waals surface area (Å²) in [6.45, 7) is 3.18. The number of amides is 1. The number of nitrogens with one attached hydrogen (secondary N) is 2. The van der Waals surface area contributed by atoms with Crippen molar-refractivity contribution in [1.29, 1.82) is 5.41 Å². The van der Waals surface area contributed by atoms with E-state index in [-0.39, 0.29) is 29.9 Å². The molecule has 0 bridgehead atoms. The van der Waals surface area contributed by atoms with Crippen molar-refractivity contribution in [2.75, 3.05) is 6.61 Å². The topological polar surface area (TPSA) is 143 Å². The summed E-state index contributed by atoms with van der Waals surface area (Å²) >= 11 is 0. The van der Waals surface area contributed by atoms with Crippen LogP contribution in [0.2, 0.25) is 0 Å². The quantitative estimate of drug-likeness (QED) is 0.272. The van der Waals surface area contributed by atoms with Crippen molar-refractivity contribution in [3.63, 3.8) is 0 Å². The van der Waals surface area contributed by atoms with Crippen molar-refractivity contribution >= 4 is 35.9 Å². The number of nitrogens with two attached hydrogens (primary N) is 1. The molecule has 160 valence electrons. The number of benzene rings is 2. The number of carboxylic acid groups (broad SMARTS) is 1. The van der Waals surface area contributed by atoms with E-state index in [1.165, 1.54) is 24.3 Å². The predicted molar refractivity (Wildman–Crippen MR) is 115 cm³/mol. The Bertz CT molecular complexity index is 911. The summed E-state index contributed by atoms with van der Waals surface area (Å²) in [5.41, 5.74) is 6.64. The van der Waals surface area contributed by atoms with Gasteiger partial charge in [-0.15, -0.1) is 12.4 Å². The number of rotatable bonds is 9. The van der Waals surface area contributed by atoms with Crippen LogP contribution in [0.5, 0.6) is 5.75 Å². The van der Waals surface area contributed by atoms with Crippen LogP contribution in [0.3, 0.4) is 0 Å². The van der Waals surface area contributed by atoms with E-state index in [1.54, 1.807) is 24.3 Å². The van der Waals surface area contributed by atoms with Crippen LogP contribution in [0.15, 0.2) is 48.5 Å². The van der Waals surface area contributed by atoms with Gasteiger partial charge in [0.25, 0.3) is 5.91 Å². The van der Waals surface area contributed by atoms with Crippen molar-refractivity contribution in [2.45, 2.75) is 19.9 Å². The van der Waals surface area contributed by atoms with Crippen LogP contribution in [0.1, 0.15) is 40.1 Å². The van der Waals surface area contributed by atoms with Gasteiger partial charge in [-0.3, -0.25) is 15.0 Å². The molecule has 0 aliphatic rings. The summed E-state index contributed by atoms with van der Waals surface area (Å²) < 4.78 is 5.05. The van der Waals surface area contributed by atoms with Crippen LogP contribution < -0.4 is 15.8 Å². The molecule has 1 amide bonds. The fourth-order valence-corrected chi connectivity index (χ4v) is 2.60. The van der Waals surface area contributed by atoms with Gasteiger partial charge >= 0.3 is 5.97 Å². The third kappa shape index (κ3) is 6.59. The van der Waals surface area contributed by atoms with E-state index in [0.29, 0.717) is 22.4 Å². The molecule has 2 aromatic rings. The van der Waals surface area contributed by atoms with Gasteiger partial charge in [0.15, 0.2) is 12.4 Å². The van der Waals surface area contributed by atoms with E-state index in [0.717, 1.165) is 0 Å². The van der Waals surface area contributed by atoms with E-state index in [1.807, 2.05) is 13.8 Å². The van der Waals surface area contributed by atoms with Crippen molar-refractivity contribution in [3.8, 4) is 5.75 Å². The molecular weight excluding hydrogens is 410 g/mol. The third-order valence-electron chi connectivity index (χ3n) is 4.19. The zero-order chi connectivity index (χ0) is 21.6. The number of aliphatic carboxylic acids is 1. The van der Waals surface area contributed by atoms with E-state index in [9.17, 15) is 14.4 Å². The minimum Gasteiger partial charge on any atom is -0.482 e. The van der Waals surface area contributed by atoms with Gasteiger partial charge < -0.3 is 20.9 Å². The molecule has 0 saturated heterocycles. The van der Waals surface area contributed by atoms with Gasteiger partial charge in [-0.25, -0.2) is 4.79 Å². The van der Waals surface area contributed by atoms with Gasteiger partial charge in [0, 0.05) is 16.7 Å². The number of hydrogen-bond donors (Lipinski definition) is 4. The number of amidine groups is 1. The molecular formula is C21H24ClN3O5. The average Bonchev–Trinajstić information content (AvgIpc) is 2.70. The normalized spacial score (nSPS) is 11.2. The molecule has 0 aromatic heterocycles. The van der Waals surface area contributed by atoms with Crippen molar-refractivity contribution in [1.82, 2.24) is 5.32 Å². The Hall–Kier alpha value is -3.39. The van der Waals surface area contributed by atoms with E-state index in [4.69, 9.17) is 21.0 Å². The second kappa shape index (κ2) is 11.0. The summed E-state index contributed by atoms with van der Waals surface area (Å²) in [5.74, 6) is -1.69. The lowest BCUT2D eigenvalue weighted by Gasteiger charge is -2.21. The second-order valence-corrected chi connectivity index (χ2v) is 6.76. The standard InChI is InChI=1S/C21H23N3O5.ClH/c1-12(2)18(24-21(28)15-5-3-14(4-6-15)20(22)23)19(27)13-7-9-16(10-8-13)29-11-17(25)26;/h3-10,12,18H,11H2,1-2H3,(H3,22,23)(H,24,28)(H,25,26);1H/t18-;/m0./s1. The zero-order valence-electron chi connectivity index (χ0n) is 16.5. The molecule has 5 N–H and O–H groups in total. The van der Waals surface area contributed by atoms with E-state index in [2.05, 4.69) is 5.32 Å². The summed E-state index contributed by atoms with van der Waals surface area (Å²) in [6, 6.07) is 11.6. The molecule has 0 heterocycles. The number of halogens is 1. The van der Waals surface area contributed by atoms with Gasteiger partial charge in [0.2, 0.25) is 0 Å². The first-order valence-corrected chi connectivity index (χ1v) is 8.93. The second-order valence-electron chi connectivity index (χ2n) is 6.76. The zero-order valence-corrected chi connectivity index (χ0v) is 17.4. The highest BCUT2D eigenvalue weighted by atomic mass is 35.5. The SMILES string of the molecule is CC(C)[C@H](NC(=O)c1ccc(C(=N)N)cc1)C(=O)c1ccc(OCC(=O)O)cc1.Cl. The fraction of sp³-hybridized carbons (Fsp3) is 0.238. The fourth-order valence-electron chi connectivity index (χ4n) is 2.60. The number of carboxylic acids is 1. The molecule has 0 saturated carbocycles. The lowest BCUT2D eigenvalue weighted by molar-refractivity contribution is -0.139. The Labute approximate surface area is 180 Å². The van der Waals surface area contributed by atoms with E-state index < -0.39 is 24.5 Å². The molecule has 2 rings (SSSR count). The molecule has 0 aliphatic carbocycles. The van der Waals surface area contributed by atoms with Crippen LogP contribution >= 0.6 is 12.4 Å². The summed E-state index contributed by atoms with van der Waals surface area (Å²) in [5, 5.41) is 18.8. The number of ether oxygens (including phenoxy) is 1. The van der Waals surface area contributed by atoms with Crippen LogP contribution in [0, 0.1) is 11.3 Å². The number of nitrogen functional groups attached to an aromatic ring is 1. The molecule has 1 atom stereocenters. The smallest absolute Gasteiger partial charge is 0.341 e. The highest BCUT2D eigenvalue weighted by Crippen LogP contribution is 2.16. The molecule has 0 radical (unpaired) electrons. The Morgan fingerprint density at radius 1 is 1.00 bits per heavy atom. The molecule has 0 unspecified atom stereocenters. The number of ketones is 1. The van der Waals surface area contributed by atoms with Gasteiger partial charge in [-0.2, -0.15) is 0 Å². The number of carbonyl (C=O) groups is 3. The van der Waals surface area contributed by atoms with Gasteiger partial charge in [-0.05, 0) is 42.3 Å².